The lowest BCUT2D eigenvalue weighted by Gasteiger charge is -1.81. The summed E-state index contributed by atoms with van der Waals surface area (Å²) >= 11 is 3.81. The molecule has 0 saturated carbocycles. The molecule has 0 radical (unpaired) electrons. The second kappa shape index (κ2) is 5.15. The average Bonchev–Trinajstić information content (AvgIpc) is 2.20. The smallest absolute Gasteiger partial charge is 0.330 e. The van der Waals surface area contributed by atoms with Gasteiger partial charge in [0, 0.05) is 6.08 Å². The lowest BCUT2D eigenvalue weighted by Crippen LogP contribution is -1.89. The van der Waals surface area contributed by atoms with E-state index in [4.69, 9.17) is 5.41 Å². The minimum absolute atomic E-state index is 0.227. The highest BCUT2D eigenvalue weighted by Crippen LogP contribution is 1.89. The molecule has 48 valence electrons. The van der Waals surface area contributed by atoms with Crippen LogP contribution in [0.4, 0.5) is 0 Å². The molecule has 0 aromatic carbocycles. The number of ether oxygens (including phenoxy) is 1. The van der Waals surface area contributed by atoms with Gasteiger partial charge < -0.3 is 4.74 Å². The largest absolute Gasteiger partial charge is 0.458 e. The fourth-order valence-corrected chi connectivity index (χ4v) is 0.323. The Balaban J connectivity index is 0.000000187. The van der Waals surface area contributed by atoms with Crippen LogP contribution < -0.4 is 0 Å². The van der Waals surface area contributed by atoms with Crippen molar-refractivity contribution in [1.29, 1.82) is 5.41 Å². The van der Waals surface area contributed by atoms with Gasteiger partial charge in [-0.1, -0.05) is 0 Å². The normalized spacial score (nSPS) is 13.1. The van der Waals surface area contributed by atoms with Gasteiger partial charge in [0.25, 0.3) is 0 Å². The van der Waals surface area contributed by atoms with E-state index in [9.17, 15) is 4.79 Å². The van der Waals surface area contributed by atoms with E-state index in [1.807, 2.05) is 0 Å². The maximum absolute atomic E-state index is 9.93. The Morgan fingerprint density at radius 3 is 2.56 bits per heavy atom. The van der Waals surface area contributed by atoms with E-state index >= 15 is 0 Å². The number of cyclic esters (lactones) is 1. The lowest BCUT2D eigenvalue weighted by molar-refractivity contribution is -0.134. The number of esters is 1. The van der Waals surface area contributed by atoms with Crippen LogP contribution in [0.25, 0.3) is 0 Å². The van der Waals surface area contributed by atoms with Crippen molar-refractivity contribution in [1.82, 2.24) is 0 Å². The molecule has 1 aliphatic rings. The molecule has 4 heteroatoms. The van der Waals surface area contributed by atoms with E-state index in [0.717, 1.165) is 0 Å². The molecule has 0 fully saturated rings. The predicted octanol–water partition coefficient (Wildman–Crippen LogP) is 0.767. The molecule has 0 aliphatic carbocycles. The van der Waals surface area contributed by atoms with Crippen LogP contribution in [0.5, 0.6) is 0 Å². The van der Waals surface area contributed by atoms with Gasteiger partial charge in [-0.15, -0.1) is 0 Å². The number of hydrogen-bond acceptors (Lipinski definition) is 4. The molecular formula is C5H5NO2S. The first-order chi connectivity index (χ1) is 4.31. The van der Waals surface area contributed by atoms with E-state index < -0.39 is 0 Å². The first kappa shape index (κ1) is 8.01. The summed E-state index contributed by atoms with van der Waals surface area (Å²) < 4.78 is 4.40. The molecule has 0 bridgehead atoms. The number of nitrogens with one attached hydrogen (secondary N) is 1. The zero-order valence-electron chi connectivity index (χ0n) is 4.59. The van der Waals surface area contributed by atoms with E-state index in [0.29, 0.717) is 6.61 Å². The summed E-state index contributed by atoms with van der Waals surface area (Å²) in [6.07, 6.45) is 3.10. The van der Waals surface area contributed by atoms with Crippen molar-refractivity contribution in [2.75, 3.05) is 6.61 Å². The van der Waals surface area contributed by atoms with Crippen LogP contribution >= 0.6 is 12.2 Å². The summed E-state index contributed by atoms with van der Waals surface area (Å²) in [6, 6.07) is 0. The standard InChI is InChI=1S/C4H4O2.CHNS/c5-4-2-1-3-6-4;2-1-3/h1-2H,3H2;2H. The number of carbonyl (C=O) groups excluding carboxylic acids is 1. The fraction of sp³-hybridized carbons (Fsp3) is 0.200. The van der Waals surface area contributed by atoms with Crippen molar-refractivity contribution in [2.24, 2.45) is 0 Å². The summed E-state index contributed by atoms with van der Waals surface area (Å²) in [4.78, 5) is 9.93. The lowest BCUT2D eigenvalue weighted by atomic mass is 10.6. The van der Waals surface area contributed by atoms with Crippen molar-refractivity contribution in [3.8, 4) is 0 Å². The fourth-order valence-electron chi connectivity index (χ4n) is 0.323. The molecule has 1 rings (SSSR count). The van der Waals surface area contributed by atoms with Crippen molar-refractivity contribution < 1.29 is 9.53 Å². The van der Waals surface area contributed by atoms with Gasteiger partial charge in [-0.05, 0) is 18.3 Å². The number of hydrogen-bond donors (Lipinski definition) is 1. The molecule has 0 saturated heterocycles. The van der Waals surface area contributed by atoms with Crippen LogP contribution in [0.3, 0.4) is 0 Å². The molecule has 0 aromatic heterocycles. The Hall–Kier alpha value is -0.990. The van der Waals surface area contributed by atoms with E-state index in [2.05, 4.69) is 17.0 Å². The average molecular weight is 143 g/mol. The van der Waals surface area contributed by atoms with E-state index in [1.165, 1.54) is 6.08 Å². The Morgan fingerprint density at radius 1 is 1.89 bits per heavy atom. The molecule has 0 atom stereocenters. The maximum atomic E-state index is 9.93. The minimum Gasteiger partial charge on any atom is -0.458 e. The Bertz CT molecular complexity index is 158. The summed E-state index contributed by atoms with van der Waals surface area (Å²) in [5.74, 6) is -0.227. The molecule has 0 amide bonds. The molecule has 0 spiro atoms. The highest BCUT2D eigenvalue weighted by Gasteiger charge is 1.98. The van der Waals surface area contributed by atoms with E-state index in [1.54, 1.807) is 11.2 Å². The maximum Gasteiger partial charge on any atom is 0.330 e. The van der Waals surface area contributed by atoms with Crippen LogP contribution in [0.2, 0.25) is 0 Å². The van der Waals surface area contributed by atoms with Crippen LogP contribution in [-0.2, 0) is 9.53 Å². The van der Waals surface area contributed by atoms with Crippen LogP contribution in [0.15, 0.2) is 12.2 Å². The highest BCUT2D eigenvalue weighted by molar-refractivity contribution is 7.78. The van der Waals surface area contributed by atoms with Gasteiger partial charge in [-0.2, -0.15) is 0 Å². The third kappa shape index (κ3) is 4.87. The summed E-state index contributed by atoms with van der Waals surface area (Å²) in [5, 5.41) is 7.36. The molecule has 3 nitrogen and oxygen atoms in total. The van der Waals surface area contributed by atoms with Gasteiger partial charge >= 0.3 is 5.97 Å². The van der Waals surface area contributed by atoms with Gasteiger partial charge in [0.15, 0.2) is 0 Å². The van der Waals surface area contributed by atoms with Crippen LogP contribution in [-0.4, -0.2) is 17.7 Å². The van der Waals surface area contributed by atoms with Gasteiger partial charge in [-0.25, -0.2) is 10.2 Å². The third-order valence-electron chi connectivity index (χ3n) is 0.576. The van der Waals surface area contributed by atoms with E-state index in [-0.39, 0.29) is 5.97 Å². The zero-order chi connectivity index (χ0) is 7.11. The molecule has 1 N–H and O–H groups in total. The molecule has 9 heavy (non-hydrogen) atoms. The third-order valence-corrected chi connectivity index (χ3v) is 0.576. The number of isothiocyanates is 1. The monoisotopic (exact) mass is 143 g/mol. The Labute approximate surface area is 57.8 Å². The molecule has 0 aromatic rings. The predicted molar refractivity (Wildman–Crippen MR) is 35.4 cm³/mol. The highest BCUT2D eigenvalue weighted by atomic mass is 32.1. The van der Waals surface area contributed by atoms with Gasteiger partial charge in [-0.3, -0.25) is 0 Å². The molecular weight excluding hydrogens is 138 g/mol. The van der Waals surface area contributed by atoms with Crippen molar-refractivity contribution >= 4 is 23.3 Å². The summed E-state index contributed by atoms with van der Waals surface area (Å²) in [7, 11) is 0. The van der Waals surface area contributed by atoms with Crippen molar-refractivity contribution in [3.63, 3.8) is 0 Å². The summed E-state index contributed by atoms with van der Waals surface area (Å²) in [6.45, 7) is 0.457. The molecule has 0 unspecified atom stereocenters. The second-order valence-corrected chi connectivity index (χ2v) is 1.34. The zero-order valence-corrected chi connectivity index (χ0v) is 5.40. The Kier molecular flexibility index (Phi) is 4.59. The van der Waals surface area contributed by atoms with Crippen LogP contribution in [0.1, 0.15) is 0 Å². The molecule has 1 heterocycles. The quantitative estimate of drug-likeness (QED) is 0.309. The first-order valence-electron chi connectivity index (χ1n) is 2.18. The molecule has 1 aliphatic heterocycles. The minimum atomic E-state index is -0.227. The topological polar surface area (TPSA) is 50.2 Å². The van der Waals surface area contributed by atoms with Crippen molar-refractivity contribution in [3.05, 3.63) is 12.2 Å². The number of carbonyl (C=O) groups is 1. The number of rotatable bonds is 0. The summed E-state index contributed by atoms with van der Waals surface area (Å²) in [5.41, 5.74) is 0. The van der Waals surface area contributed by atoms with Crippen LogP contribution in [0, 0.1) is 5.41 Å². The van der Waals surface area contributed by atoms with Gasteiger partial charge in [0.1, 0.15) is 6.61 Å². The van der Waals surface area contributed by atoms with Gasteiger partial charge in [0.05, 0.1) is 5.16 Å². The SMILES string of the molecule is N=C=S.O=C1C=CCO1. The van der Waals surface area contributed by atoms with Gasteiger partial charge in [0.2, 0.25) is 0 Å². The number of thiocarbonyl (C=S) groups is 1. The first-order valence-corrected chi connectivity index (χ1v) is 2.59. The second-order valence-electron chi connectivity index (χ2n) is 1.13. The van der Waals surface area contributed by atoms with Crippen molar-refractivity contribution in [2.45, 2.75) is 0 Å². The Morgan fingerprint density at radius 2 is 2.44 bits per heavy atom.